The van der Waals surface area contributed by atoms with Gasteiger partial charge < -0.3 is 24.8 Å². The second-order valence-electron chi connectivity index (χ2n) is 13.0. The number of allylic oxidation sites excluding steroid dienone is 5. The van der Waals surface area contributed by atoms with Crippen LogP contribution in [0.15, 0.2) is 47.2 Å². The molecule has 2 aromatic carbocycles. The fourth-order valence-corrected chi connectivity index (χ4v) is 9.88. The number of carboxylic acids is 1. The third-order valence-corrected chi connectivity index (χ3v) is 13.1. The molecule has 3 heterocycles. The molecule has 13 heteroatoms. The number of hydrogen-bond acceptors (Lipinski definition) is 5. The zero-order valence-corrected chi connectivity index (χ0v) is 31.3. The van der Waals surface area contributed by atoms with Gasteiger partial charge >= 0.3 is 5.97 Å². The Balaban J connectivity index is 1.55. The van der Waals surface area contributed by atoms with Gasteiger partial charge in [0.1, 0.15) is 43.5 Å². The van der Waals surface area contributed by atoms with Crippen molar-refractivity contribution in [1.82, 2.24) is 5.32 Å². The van der Waals surface area contributed by atoms with Crippen LogP contribution in [0.4, 0.5) is 18.9 Å². The quantitative estimate of drug-likeness (QED) is 0.0627. The maximum absolute atomic E-state index is 17.4. The minimum atomic E-state index is -3.75. The lowest BCUT2D eigenvalue weighted by atomic mass is 9.85. The van der Waals surface area contributed by atoms with Crippen LogP contribution < -0.4 is 15.4 Å². The van der Waals surface area contributed by atoms with Crippen LogP contribution in [0.1, 0.15) is 105 Å². The first kappa shape index (κ1) is 24.0. The van der Waals surface area contributed by atoms with Crippen LogP contribution >= 0.6 is 11.6 Å². The Morgan fingerprint density at radius 3 is 2.31 bits per heavy atom. The molecule has 0 spiro atoms. The number of unbranched alkanes of at least 4 members (excludes halogenated alkanes) is 3. The smallest absolute Gasteiger partial charge is 0.339 e. The third-order valence-electron chi connectivity index (χ3n) is 9.29. The minimum Gasteiger partial charge on any atom is -0.478 e. The maximum atomic E-state index is 17.4. The Hall–Kier alpha value is -3.71. The lowest BCUT2D eigenvalue weighted by molar-refractivity contribution is -0.504. The molecule has 3 aliphatic heterocycles. The molecule has 2 saturated heterocycles. The van der Waals surface area contributed by atoms with Crippen molar-refractivity contribution in [3.05, 3.63) is 86.9 Å². The van der Waals surface area contributed by atoms with Crippen molar-refractivity contribution in [3.8, 4) is 0 Å². The van der Waals surface area contributed by atoms with Gasteiger partial charge in [0.25, 0.3) is 5.91 Å². The first-order valence-electron chi connectivity index (χ1n) is 25.3. The van der Waals surface area contributed by atoms with E-state index in [1.54, 1.807) is 13.1 Å². The molecule has 2 aromatic rings. The highest BCUT2D eigenvalue weighted by atomic mass is 35.5. The molecule has 0 unspecified atom stereocenters. The number of amides is 1. The second-order valence-corrected chi connectivity index (χ2v) is 17.7. The van der Waals surface area contributed by atoms with Crippen LogP contribution in [-0.2, 0) is 9.47 Å². The molecule has 0 aromatic heterocycles. The van der Waals surface area contributed by atoms with Gasteiger partial charge in [0, 0.05) is 84.6 Å². The zero-order chi connectivity index (χ0) is 52.7. The molecule has 0 saturated carbocycles. The molecule has 1 amide bonds. The molecule has 6 rings (SSSR count). The van der Waals surface area contributed by atoms with Crippen molar-refractivity contribution >= 4 is 53.7 Å². The molecule has 54 heavy (non-hydrogen) atoms. The van der Waals surface area contributed by atoms with Crippen LogP contribution in [-0.4, -0.2) is 100 Å². The molecular weight excluding hydrogens is 735 g/mol. The number of nitrogens with zero attached hydrogens (tertiary/aromatic N) is 2. The lowest BCUT2D eigenvalue weighted by Gasteiger charge is -2.38. The summed E-state index contributed by atoms with van der Waals surface area (Å²) in [6.45, 7) is -10.4. The molecule has 2 fully saturated rings. The number of carbonyl (C=O) groups is 2. The fraction of sp³-hybridized carbons (Fsp3) is 0.488. The molecular formula is C41H50ClF3N3O5Si+. The van der Waals surface area contributed by atoms with Gasteiger partial charge in [0.15, 0.2) is 17.3 Å². The number of halogens is 4. The predicted molar refractivity (Wildman–Crippen MR) is 209 cm³/mol. The molecule has 2 N–H and O–H groups in total. The van der Waals surface area contributed by atoms with Gasteiger partial charge in [-0.3, -0.25) is 4.79 Å². The Kier molecular flexibility index (Phi) is 7.94. The largest absolute Gasteiger partial charge is 0.478 e. The number of rotatable bonds is 16. The first-order chi connectivity index (χ1) is 32.1. The van der Waals surface area contributed by atoms with Crippen molar-refractivity contribution in [3.63, 3.8) is 0 Å². The van der Waals surface area contributed by atoms with E-state index in [4.69, 9.17) is 43.0 Å². The van der Waals surface area contributed by atoms with Gasteiger partial charge in [-0.25, -0.2) is 22.5 Å². The van der Waals surface area contributed by atoms with Gasteiger partial charge in [-0.1, -0.05) is 32.0 Å². The number of carbonyl (C=O) groups excluding carboxylic acids is 1. The Labute approximate surface area is 343 Å². The summed E-state index contributed by atoms with van der Waals surface area (Å²) >= 11 is 5.67. The van der Waals surface area contributed by atoms with Crippen molar-refractivity contribution in [1.29, 1.82) is 0 Å². The number of alkyl halides is 1. The maximum Gasteiger partial charge on any atom is 0.339 e. The summed E-state index contributed by atoms with van der Waals surface area (Å²) in [5.41, 5.74) is -6.32. The molecule has 1 aliphatic carbocycles. The zero-order valence-electron chi connectivity index (χ0n) is 45.5. The number of benzene rings is 2. The number of anilines is 1. The summed E-state index contributed by atoms with van der Waals surface area (Å²) in [5, 5.41) is 12.6. The standard InChI is InChI=1S/C41H49ClF3N3O5Si/c1-54(2)31-25-27(47-17-6-7-18-47)11-13-29(31)33(30-14-12-28(26-32(30)54)48-19-8-9-20-48)34-35(41(50)51)38(44)39(45)36(37(34)43)40(49)46-16-22-53-24-23-52-21-10-4-3-5-15-42/h11-14,25-26H,3-10,15-24H2,1-2H3,(H-,46,49,50,51)/p+1/i6D2,7D2,8D2,9D2,17D2,18D2,19D2,20D2. The second kappa shape index (κ2) is 17.8. The number of aromatic carboxylic acids is 1. The number of hydrogen-bond donors (Lipinski definition) is 2. The first-order valence-corrected chi connectivity index (χ1v) is 20.8. The fourth-order valence-electron chi connectivity index (χ4n) is 6.62. The number of fused-ring (bicyclic) bond motifs is 2. The van der Waals surface area contributed by atoms with E-state index in [1.165, 1.54) is 0 Å². The van der Waals surface area contributed by atoms with Gasteiger partial charge in [0.2, 0.25) is 0 Å². The normalized spacial score (nSPS) is 29.4. The van der Waals surface area contributed by atoms with Crippen molar-refractivity contribution in [2.24, 2.45) is 0 Å². The monoisotopic (exact) mass is 800 g/mol. The lowest BCUT2D eigenvalue weighted by Crippen LogP contribution is -2.50. The number of nitrogens with one attached hydrogen (secondary N) is 1. The van der Waals surface area contributed by atoms with Crippen LogP contribution in [0.2, 0.25) is 13.1 Å². The Morgan fingerprint density at radius 2 is 1.61 bits per heavy atom. The molecule has 4 aliphatic rings. The summed E-state index contributed by atoms with van der Waals surface area (Å²) in [4.78, 5) is 26.8. The Bertz CT molecular complexity index is 2580. The summed E-state index contributed by atoms with van der Waals surface area (Å²) in [6, 6.07) is 3.18. The van der Waals surface area contributed by atoms with E-state index in [0.717, 1.165) is 62.1 Å². The minimum absolute atomic E-state index is 0.0266. The average molecular weight is 801 g/mol. The topological polar surface area (TPSA) is 91.1 Å². The van der Waals surface area contributed by atoms with E-state index < -0.39 is 123 Å². The van der Waals surface area contributed by atoms with E-state index in [-0.39, 0.29) is 57.4 Å². The van der Waals surface area contributed by atoms with Crippen LogP contribution in [0.25, 0.3) is 5.57 Å². The van der Waals surface area contributed by atoms with E-state index in [2.05, 4.69) is 5.32 Å². The number of ether oxygens (including phenoxy) is 2. The van der Waals surface area contributed by atoms with Gasteiger partial charge in [-0.15, -0.1) is 11.6 Å². The predicted octanol–water partition coefficient (Wildman–Crippen LogP) is 6.98. The van der Waals surface area contributed by atoms with Crippen molar-refractivity contribution < 1.29 is 63.8 Å². The summed E-state index contributed by atoms with van der Waals surface area (Å²) < 4.78 is 197. The average Bonchev–Trinajstić information content (AvgIpc) is 3.37. The highest BCUT2D eigenvalue weighted by Gasteiger charge is 2.44. The number of carboxylic acid groups (broad SMARTS) is 1. The highest BCUT2D eigenvalue weighted by molar-refractivity contribution is 6.98. The van der Waals surface area contributed by atoms with E-state index in [9.17, 15) is 14.7 Å². The summed E-state index contributed by atoms with van der Waals surface area (Å²) in [7, 11) is -3.75. The van der Waals surface area contributed by atoms with Gasteiger partial charge in [-0.05, 0) is 70.9 Å². The highest BCUT2D eigenvalue weighted by Crippen LogP contribution is 2.45. The third kappa shape index (κ3) is 8.27. The molecule has 8 nitrogen and oxygen atoms in total. The van der Waals surface area contributed by atoms with Crippen molar-refractivity contribution in [2.75, 3.05) is 69.7 Å². The molecule has 290 valence electrons. The Morgan fingerprint density at radius 1 is 0.926 bits per heavy atom. The van der Waals surface area contributed by atoms with Gasteiger partial charge in [-0.2, -0.15) is 0 Å². The SMILES string of the molecule is [2H]C1([2H])N(c2ccc3c(c2)[Si](C)(C)C2=CC(=[N+]4C([2H])([2H])C([2H])([2H])C([2H])([2H])C4([2H])[2H])C=CC2=C3c2c(F)c(C(=O)NCCOCCOCCCCCCCl)c(F)c(F)c2C(=O)O)C([2H])([2H])C([2H])([2H])C1([2H])[2H]. The van der Waals surface area contributed by atoms with E-state index in [0.29, 0.717) is 12.5 Å². The summed E-state index contributed by atoms with van der Waals surface area (Å²) in [5.74, 6) is -9.45. The molecule has 0 bridgehead atoms. The van der Waals surface area contributed by atoms with Gasteiger partial charge in [0.05, 0.1) is 19.8 Å². The van der Waals surface area contributed by atoms with Crippen LogP contribution in [0.3, 0.4) is 0 Å². The molecule has 0 atom stereocenters. The van der Waals surface area contributed by atoms with E-state index in [1.807, 2.05) is 0 Å². The van der Waals surface area contributed by atoms with Crippen LogP contribution in [0, 0.1) is 17.5 Å². The van der Waals surface area contributed by atoms with Crippen LogP contribution in [0.5, 0.6) is 0 Å². The molecule has 0 radical (unpaired) electrons. The summed E-state index contributed by atoms with van der Waals surface area (Å²) in [6.07, 6.45) is -7.31. The van der Waals surface area contributed by atoms with E-state index >= 15 is 13.2 Å². The van der Waals surface area contributed by atoms with Crippen molar-refractivity contribution in [2.45, 2.75) is 64.3 Å².